The fourth-order valence-corrected chi connectivity index (χ4v) is 2.06. The largest absolute Gasteiger partial charge is 0.393 e. The van der Waals surface area contributed by atoms with Gasteiger partial charge in [0.05, 0.1) is 17.1 Å². The highest BCUT2D eigenvalue weighted by Crippen LogP contribution is 2.16. The van der Waals surface area contributed by atoms with Crippen LogP contribution in [0.3, 0.4) is 0 Å². The van der Waals surface area contributed by atoms with Gasteiger partial charge in [-0.2, -0.15) is 8.42 Å². The van der Waals surface area contributed by atoms with Crippen LogP contribution < -0.4 is 0 Å². The molecule has 21 heavy (non-hydrogen) atoms. The first kappa shape index (κ1) is 20.1. The summed E-state index contributed by atoms with van der Waals surface area (Å²) < 4.78 is 29.6. The Hall–Kier alpha value is -0.950. The Morgan fingerprint density at radius 3 is 2.00 bits per heavy atom. The van der Waals surface area contributed by atoms with Crippen LogP contribution in [0.5, 0.6) is 0 Å². The second-order valence-corrected chi connectivity index (χ2v) is 6.55. The summed E-state index contributed by atoms with van der Waals surface area (Å²) >= 11 is 0. The molecule has 0 saturated carbocycles. The molecule has 0 bridgehead atoms. The van der Waals surface area contributed by atoms with Crippen LogP contribution in [0.25, 0.3) is 0 Å². The van der Waals surface area contributed by atoms with Gasteiger partial charge in [-0.15, -0.1) is 0 Å². The lowest BCUT2D eigenvalue weighted by atomic mass is 9.95. The van der Waals surface area contributed by atoms with Crippen LogP contribution in [0.15, 0.2) is 29.2 Å². The lowest BCUT2D eigenvalue weighted by Crippen LogP contribution is -2.31. The van der Waals surface area contributed by atoms with Gasteiger partial charge in [0.2, 0.25) is 0 Å². The Morgan fingerprint density at radius 2 is 1.67 bits per heavy atom. The van der Waals surface area contributed by atoms with Crippen LogP contribution in [-0.2, 0) is 10.1 Å². The molecule has 0 amide bonds. The summed E-state index contributed by atoms with van der Waals surface area (Å²) in [5, 5.41) is 18.3. The van der Waals surface area contributed by atoms with Gasteiger partial charge < -0.3 is 10.2 Å². The molecule has 1 rings (SSSR count). The van der Waals surface area contributed by atoms with E-state index in [9.17, 15) is 13.5 Å². The zero-order chi connectivity index (χ0) is 16.5. The van der Waals surface area contributed by atoms with Crippen molar-refractivity contribution in [1.82, 2.24) is 0 Å². The maximum Gasteiger partial charge on any atom is 0.294 e. The minimum absolute atomic E-state index is 0.0666. The first-order valence-corrected chi connectivity index (χ1v) is 8.50. The summed E-state index contributed by atoms with van der Waals surface area (Å²) in [4.78, 5) is -0.0666. The molecule has 1 atom stereocenters. The highest BCUT2D eigenvalue weighted by atomic mass is 32.2. The Bertz CT molecular complexity index is 489. The number of hydrogen-bond donors (Lipinski definition) is 3. The molecule has 5 nitrogen and oxygen atoms in total. The average Bonchev–Trinajstić information content (AvgIpc) is 2.45. The Balaban J connectivity index is 0.000000384. The first-order chi connectivity index (χ1) is 9.68. The third-order valence-electron chi connectivity index (χ3n) is 3.27. The van der Waals surface area contributed by atoms with Crippen LogP contribution in [0, 0.1) is 6.92 Å². The van der Waals surface area contributed by atoms with Gasteiger partial charge in [0.25, 0.3) is 10.1 Å². The van der Waals surface area contributed by atoms with Crippen molar-refractivity contribution in [2.24, 2.45) is 0 Å². The van der Waals surface area contributed by atoms with Crippen molar-refractivity contribution in [2.45, 2.75) is 57.0 Å². The molecule has 0 aliphatic rings. The predicted octanol–water partition coefficient (Wildman–Crippen LogP) is 2.55. The van der Waals surface area contributed by atoms with Gasteiger partial charge in [-0.05, 0) is 31.9 Å². The SMILES string of the molecule is CCCC[C@@](O)(CC)CO.Cc1ccc(S(=O)(=O)O)cc1. The summed E-state index contributed by atoms with van der Waals surface area (Å²) in [7, 11) is -4.02. The Kier molecular flexibility index (Phi) is 8.73. The van der Waals surface area contributed by atoms with Gasteiger partial charge in [-0.1, -0.05) is 44.4 Å². The van der Waals surface area contributed by atoms with Crippen molar-refractivity contribution in [1.29, 1.82) is 0 Å². The maximum atomic E-state index is 10.5. The molecular weight excluding hydrogens is 292 g/mol. The quantitative estimate of drug-likeness (QED) is 0.701. The van der Waals surface area contributed by atoms with Gasteiger partial charge in [-0.3, -0.25) is 4.55 Å². The number of unbranched alkanes of at least 4 members (excludes halogenated alkanes) is 1. The smallest absolute Gasteiger partial charge is 0.294 e. The highest BCUT2D eigenvalue weighted by molar-refractivity contribution is 7.85. The van der Waals surface area contributed by atoms with Crippen molar-refractivity contribution in [3.8, 4) is 0 Å². The molecule has 0 unspecified atom stereocenters. The van der Waals surface area contributed by atoms with E-state index in [0.717, 1.165) is 24.8 Å². The van der Waals surface area contributed by atoms with Crippen molar-refractivity contribution in [2.75, 3.05) is 6.61 Å². The van der Waals surface area contributed by atoms with E-state index in [2.05, 4.69) is 6.92 Å². The highest BCUT2D eigenvalue weighted by Gasteiger charge is 2.21. The van der Waals surface area contributed by atoms with Crippen molar-refractivity contribution < 1.29 is 23.2 Å². The van der Waals surface area contributed by atoms with Crippen LogP contribution in [0.2, 0.25) is 0 Å². The Morgan fingerprint density at radius 1 is 1.14 bits per heavy atom. The van der Waals surface area contributed by atoms with Crippen molar-refractivity contribution in [3.05, 3.63) is 29.8 Å². The first-order valence-electron chi connectivity index (χ1n) is 7.06. The molecule has 0 radical (unpaired) electrons. The fraction of sp³-hybridized carbons (Fsp3) is 0.600. The molecule has 1 aromatic carbocycles. The van der Waals surface area contributed by atoms with Crippen molar-refractivity contribution >= 4 is 10.1 Å². The summed E-state index contributed by atoms with van der Waals surface area (Å²) in [5.41, 5.74) is 0.146. The van der Waals surface area contributed by atoms with Gasteiger partial charge in [0.1, 0.15) is 0 Å². The van der Waals surface area contributed by atoms with Crippen molar-refractivity contribution in [3.63, 3.8) is 0 Å². The van der Waals surface area contributed by atoms with E-state index in [4.69, 9.17) is 9.66 Å². The van der Waals surface area contributed by atoms with E-state index in [1.54, 1.807) is 12.1 Å². The van der Waals surface area contributed by atoms with E-state index in [1.165, 1.54) is 12.1 Å². The molecule has 0 saturated heterocycles. The number of aliphatic hydroxyl groups excluding tert-OH is 1. The van der Waals surface area contributed by atoms with Crippen LogP contribution in [-0.4, -0.2) is 35.4 Å². The number of aryl methyl sites for hydroxylation is 1. The zero-order valence-electron chi connectivity index (χ0n) is 12.9. The summed E-state index contributed by atoms with van der Waals surface area (Å²) in [6, 6.07) is 5.99. The molecule has 122 valence electrons. The summed E-state index contributed by atoms with van der Waals surface area (Å²) in [6.45, 7) is 5.70. The topological polar surface area (TPSA) is 94.8 Å². The monoisotopic (exact) mass is 318 g/mol. The second-order valence-electron chi connectivity index (χ2n) is 5.13. The number of benzene rings is 1. The molecule has 1 aromatic rings. The minimum Gasteiger partial charge on any atom is -0.393 e. The average molecular weight is 318 g/mol. The number of rotatable bonds is 6. The van der Waals surface area contributed by atoms with Gasteiger partial charge in [-0.25, -0.2) is 0 Å². The van der Waals surface area contributed by atoms with Gasteiger partial charge in [0, 0.05) is 0 Å². The van der Waals surface area contributed by atoms with Gasteiger partial charge in [0.15, 0.2) is 0 Å². The lowest BCUT2D eigenvalue weighted by Gasteiger charge is -2.23. The summed E-state index contributed by atoms with van der Waals surface area (Å²) in [6.07, 6.45) is 3.42. The molecule has 3 N–H and O–H groups in total. The normalized spacial score (nSPS) is 14.0. The molecule has 6 heteroatoms. The molecule has 0 spiro atoms. The minimum atomic E-state index is -4.02. The lowest BCUT2D eigenvalue weighted by molar-refractivity contribution is -0.0256. The molecule has 0 aromatic heterocycles. The van der Waals surface area contributed by atoms with Crippen LogP contribution in [0.1, 0.15) is 45.1 Å². The number of hydrogen-bond acceptors (Lipinski definition) is 4. The predicted molar refractivity (Wildman–Crippen MR) is 82.8 cm³/mol. The maximum absolute atomic E-state index is 10.5. The molecule has 0 aliphatic heterocycles. The van der Waals surface area contributed by atoms with Crippen LogP contribution >= 0.6 is 0 Å². The van der Waals surface area contributed by atoms with E-state index in [0.29, 0.717) is 6.42 Å². The van der Waals surface area contributed by atoms with E-state index in [1.807, 2.05) is 13.8 Å². The fourth-order valence-electron chi connectivity index (χ4n) is 1.58. The van der Waals surface area contributed by atoms with Crippen LogP contribution in [0.4, 0.5) is 0 Å². The zero-order valence-corrected chi connectivity index (χ0v) is 13.7. The van der Waals surface area contributed by atoms with E-state index >= 15 is 0 Å². The second kappa shape index (κ2) is 9.15. The molecule has 0 aliphatic carbocycles. The molecule has 0 fully saturated rings. The van der Waals surface area contributed by atoms with E-state index < -0.39 is 15.7 Å². The molecule has 0 heterocycles. The van der Waals surface area contributed by atoms with E-state index in [-0.39, 0.29) is 11.5 Å². The third-order valence-corrected chi connectivity index (χ3v) is 4.13. The standard InChI is InChI=1S/C8H18O2.C7H8O3S/c1-3-5-6-8(10,4-2)7-9;1-6-2-4-7(5-3-6)11(8,9)10/h9-10H,3-7H2,1-2H3;2-5H,1H3,(H,8,9,10)/t8-;/m0./s1. The Labute approximate surface area is 127 Å². The number of aliphatic hydroxyl groups is 2. The molecular formula is C15H26O5S. The van der Waals surface area contributed by atoms with Gasteiger partial charge >= 0.3 is 0 Å². The third kappa shape index (κ3) is 8.16. The summed E-state index contributed by atoms with van der Waals surface area (Å²) in [5.74, 6) is 0.